The van der Waals surface area contributed by atoms with Gasteiger partial charge in [0, 0.05) is 17.6 Å². The summed E-state index contributed by atoms with van der Waals surface area (Å²) < 4.78 is 13.0. The van der Waals surface area contributed by atoms with Crippen LogP contribution in [0.2, 0.25) is 0 Å². The molecule has 0 bridgehead atoms. The molecule has 2 heterocycles. The number of aryl methyl sites for hydroxylation is 1. The van der Waals surface area contributed by atoms with Crippen molar-refractivity contribution in [1.29, 1.82) is 0 Å². The lowest BCUT2D eigenvalue weighted by molar-refractivity contribution is 0.0928. The second-order valence-corrected chi connectivity index (χ2v) is 8.74. The highest BCUT2D eigenvalue weighted by molar-refractivity contribution is 9.10. The molecule has 0 N–H and O–H groups in total. The first-order valence-electron chi connectivity index (χ1n) is 10.4. The Morgan fingerprint density at radius 1 is 1.00 bits per heavy atom. The zero-order valence-electron chi connectivity index (χ0n) is 17.0. The highest BCUT2D eigenvalue weighted by atomic mass is 79.9. The number of halogens is 1. The van der Waals surface area contributed by atoms with Crippen molar-refractivity contribution in [1.82, 2.24) is 4.90 Å². The molecule has 2 aliphatic heterocycles. The Morgan fingerprint density at radius 2 is 1.81 bits per heavy atom. The van der Waals surface area contributed by atoms with Gasteiger partial charge in [-0.3, -0.25) is 9.69 Å². The predicted octanol–water partition coefficient (Wildman–Crippen LogP) is 5.85. The van der Waals surface area contributed by atoms with E-state index in [1.165, 1.54) is 5.56 Å². The van der Waals surface area contributed by atoms with Crippen molar-refractivity contribution in [3.05, 3.63) is 99.2 Å². The van der Waals surface area contributed by atoms with Crippen LogP contribution in [-0.2, 0) is 13.0 Å². The first-order chi connectivity index (χ1) is 15.2. The molecule has 0 aromatic heterocycles. The summed E-state index contributed by atoms with van der Waals surface area (Å²) in [6.07, 6.45) is 3.88. The second-order valence-electron chi connectivity index (χ2n) is 7.83. The topological polar surface area (TPSA) is 38.8 Å². The zero-order valence-corrected chi connectivity index (χ0v) is 18.6. The van der Waals surface area contributed by atoms with Crippen LogP contribution in [0.25, 0.3) is 6.08 Å². The average Bonchev–Trinajstić information content (AvgIpc) is 3.12. The van der Waals surface area contributed by atoms with E-state index in [9.17, 15) is 4.79 Å². The molecule has 2 aliphatic rings. The highest BCUT2D eigenvalue weighted by Crippen LogP contribution is 2.42. The summed E-state index contributed by atoms with van der Waals surface area (Å²) in [5.74, 6) is 1.71. The van der Waals surface area contributed by atoms with Crippen LogP contribution in [0.3, 0.4) is 0 Å². The molecular weight excluding hydrogens is 454 g/mol. The number of Topliss-reactive ketones (excluding diaryl/α,β-unsaturated/α-hetero) is 1. The maximum atomic E-state index is 12.9. The van der Waals surface area contributed by atoms with Gasteiger partial charge in [-0.25, -0.2) is 0 Å². The van der Waals surface area contributed by atoms with E-state index in [2.05, 4.69) is 45.1 Å². The lowest BCUT2D eigenvalue weighted by atomic mass is 10.0. The largest absolute Gasteiger partial charge is 0.478 e. The fraction of sp³-hybridized carbons (Fsp3) is 0.192. The van der Waals surface area contributed by atoms with Crippen LogP contribution in [0.5, 0.6) is 11.5 Å². The number of fused-ring (bicyclic) bond motifs is 3. The second kappa shape index (κ2) is 8.69. The van der Waals surface area contributed by atoms with E-state index >= 15 is 0 Å². The van der Waals surface area contributed by atoms with E-state index in [1.807, 2.05) is 42.5 Å². The minimum atomic E-state index is -0.0816. The van der Waals surface area contributed by atoms with Gasteiger partial charge < -0.3 is 9.47 Å². The maximum Gasteiger partial charge on any atom is 0.231 e. The van der Waals surface area contributed by atoms with Gasteiger partial charge in [-0.15, -0.1) is 0 Å². The number of carbonyl (C=O) groups is 1. The zero-order chi connectivity index (χ0) is 21.2. The van der Waals surface area contributed by atoms with Crippen LogP contribution in [-0.4, -0.2) is 24.0 Å². The number of allylic oxidation sites excluding steroid dienone is 1. The molecule has 0 spiro atoms. The molecule has 0 saturated carbocycles. The number of nitrogens with zero attached hydrogens (tertiary/aromatic N) is 1. The third-order valence-corrected chi connectivity index (χ3v) is 6.16. The summed E-state index contributed by atoms with van der Waals surface area (Å²) >= 11 is 3.43. The van der Waals surface area contributed by atoms with Gasteiger partial charge in [0.05, 0.1) is 11.1 Å². The Labute approximate surface area is 190 Å². The number of carbonyl (C=O) groups excluding carboxylic acids is 1. The lowest BCUT2D eigenvalue weighted by Gasteiger charge is -2.29. The molecule has 5 heteroatoms. The quantitative estimate of drug-likeness (QED) is 0.433. The molecule has 5 rings (SSSR count). The monoisotopic (exact) mass is 475 g/mol. The summed E-state index contributed by atoms with van der Waals surface area (Å²) in [5, 5.41) is 0. The SMILES string of the molecule is O=C1/C(=C/c2ccc(Br)cc2)Oc2c1ccc1c2CN(CCCc2ccccc2)CO1. The highest BCUT2D eigenvalue weighted by Gasteiger charge is 2.33. The van der Waals surface area contributed by atoms with Gasteiger partial charge in [0.1, 0.15) is 18.2 Å². The van der Waals surface area contributed by atoms with Gasteiger partial charge in [-0.05, 0) is 54.3 Å². The van der Waals surface area contributed by atoms with Crippen molar-refractivity contribution in [2.45, 2.75) is 19.4 Å². The van der Waals surface area contributed by atoms with Crippen molar-refractivity contribution in [3.63, 3.8) is 0 Å². The van der Waals surface area contributed by atoms with Gasteiger partial charge in [-0.2, -0.15) is 0 Å². The Kier molecular flexibility index (Phi) is 5.62. The molecule has 3 aromatic carbocycles. The van der Waals surface area contributed by atoms with E-state index in [0.717, 1.165) is 40.7 Å². The molecule has 0 radical (unpaired) electrons. The molecule has 156 valence electrons. The van der Waals surface area contributed by atoms with E-state index in [-0.39, 0.29) is 5.78 Å². The van der Waals surface area contributed by atoms with Crippen molar-refractivity contribution >= 4 is 27.8 Å². The molecule has 0 unspecified atom stereocenters. The Morgan fingerprint density at radius 3 is 2.61 bits per heavy atom. The fourth-order valence-corrected chi connectivity index (χ4v) is 4.27. The van der Waals surface area contributed by atoms with Crippen LogP contribution in [0.1, 0.15) is 33.5 Å². The molecule has 0 saturated heterocycles. The summed E-state index contributed by atoms with van der Waals surface area (Å²) in [7, 11) is 0. The van der Waals surface area contributed by atoms with E-state index < -0.39 is 0 Å². The maximum absolute atomic E-state index is 12.9. The summed E-state index contributed by atoms with van der Waals surface area (Å²) in [6.45, 7) is 2.19. The van der Waals surface area contributed by atoms with Crippen LogP contribution in [0.15, 0.2) is 77.0 Å². The molecule has 0 aliphatic carbocycles. The van der Waals surface area contributed by atoms with Gasteiger partial charge >= 0.3 is 0 Å². The molecule has 4 nitrogen and oxygen atoms in total. The molecule has 0 amide bonds. The summed E-state index contributed by atoms with van der Waals surface area (Å²) in [4.78, 5) is 15.2. The van der Waals surface area contributed by atoms with Gasteiger partial charge in [-0.1, -0.05) is 58.4 Å². The molecular formula is C26H22BrNO3. The average molecular weight is 476 g/mol. The minimum Gasteiger partial charge on any atom is -0.478 e. The molecule has 0 atom stereocenters. The normalized spacial score (nSPS) is 16.5. The van der Waals surface area contributed by atoms with Crippen LogP contribution < -0.4 is 9.47 Å². The predicted molar refractivity (Wildman–Crippen MR) is 124 cm³/mol. The Hall–Kier alpha value is -2.89. The number of benzene rings is 3. The van der Waals surface area contributed by atoms with Crippen LogP contribution in [0.4, 0.5) is 0 Å². The van der Waals surface area contributed by atoms with E-state index in [0.29, 0.717) is 30.3 Å². The smallest absolute Gasteiger partial charge is 0.231 e. The fourth-order valence-electron chi connectivity index (χ4n) is 4.01. The minimum absolute atomic E-state index is 0.0816. The van der Waals surface area contributed by atoms with Crippen molar-refractivity contribution < 1.29 is 14.3 Å². The summed E-state index contributed by atoms with van der Waals surface area (Å²) in [6, 6.07) is 22.0. The first-order valence-corrected chi connectivity index (χ1v) is 11.2. The van der Waals surface area contributed by atoms with Crippen molar-refractivity contribution in [2.24, 2.45) is 0 Å². The summed E-state index contributed by atoms with van der Waals surface area (Å²) in [5.41, 5.74) is 3.83. The van der Waals surface area contributed by atoms with Crippen molar-refractivity contribution in [2.75, 3.05) is 13.3 Å². The number of rotatable bonds is 5. The van der Waals surface area contributed by atoms with Gasteiger partial charge in [0.25, 0.3) is 0 Å². The van der Waals surface area contributed by atoms with E-state index in [4.69, 9.17) is 9.47 Å². The number of ketones is 1. The van der Waals surface area contributed by atoms with Gasteiger partial charge in [0.2, 0.25) is 5.78 Å². The third-order valence-electron chi connectivity index (χ3n) is 5.63. The first kappa shape index (κ1) is 20.0. The van der Waals surface area contributed by atoms with Gasteiger partial charge in [0.15, 0.2) is 5.76 Å². The Bertz CT molecular complexity index is 1140. The molecule has 3 aromatic rings. The molecule has 0 fully saturated rings. The van der Waals surface area contributed by atoms with Crippen LogP contribution in [0, 0.1) is 0 Å². The van der Waals surface area contributed by atoms with Crippen molar-refractivity contribution in [3.8, 4) is 11.5 Å². The third kappa shape index (κ3) is 4.29. The molecule has 31 heavy (non-hydrogen) atoms. The standard InChI is InChI=1S/C26H22BrNO3/c27-20-10-8-19(9-11-20)15-24-25(29)21-12-13-23-22(26(21)31-24)16-28(17-30-23)14-4-7-18-5-2-1-3-6-18/h1-3,5-6,8-13,15H,4,7,14,16-17H2/b24-15-. The van der Waals surface area contributed by atoms with Crippen LogP contribution >= 0.6 is 15.9 Å². The van der Waals surface area contributed by atoms with E-state index in [1.54, 1.807) is 6.08 Å². The Balaban J connectivity index is 1.31. The number of ether oxygens (including phenoxy) is 2. The number of hydrogen-bond donors (Lipinski definition) is 0. The lowest BCUT2D eigenvalue weighted by Crippen LogP contribution is -2.33. The number of hydrogen-bond acceptors (Lipinski definition) is 4.